The molecular weight excluding hydrogens is 327 g/mol. The van der Waals surface area contributed by atoms with Crippen molar-refractivity contribution in [3.05, 3.63) is 59.4 Å². The smallest absolute Gasteiger partial charge is 0.337 e. The summed E-state index contributed by atoms with van der Waals surface area (Å²) >= 11 is 0. The highest BCUT2D eigenvalue weighted by Crippen LogP contribution is 2.27. The Balaban J connectivity index is 1.84. The molecule has 6 nitrogen and oxygen atoms in total. The summed E-state index contributed by atoms with van der Waals surface area (Å²) in [6.07, 6.45) is 4.97. The first kappa shape index (κ1) is 16.9. The minimum atomic E-state index is -0.978. The summed E-state index contributed by atoms with van der Waals surface area (Å²) in [6, 6.07) is 5.54. The van der Waals surface area contributed by atoms with Crippen LogP contribution in [-0.2, 0) is 9.53 Å². The van der Waals surface area contributed by atoms with Crippen molar-refractivity contribution in [1.29, 1.82) is 0 Å². The lowest BCUT2D eigenvalue weighted by molar-refractivity contribution is -0.143. The van der Waals surface area contributed by atoms with E-state index in [1.54, 1.807) is 30.3 Å². The van der Waals surface area contributed by atoms with Crippen LogP contribution in [0.5, 0.6) is 0 Å². The van der Waals surface area contributed by atoms with Gasteiger partial charge in [0.25, 0.3) is 0 Å². The zero-order valence-corrected chi connectivity index (χ0v) is 13.6. The topological polar surface area (TPSA) is 79.2 Å². The van der Waals surface area contributed by atoms with Gasteiger partial charge in [0.05, 0.1) is 24.4 Å². The molecule has 0 saturated heterocycles. The molecule has 0 fully saturated rings. The molecule has 1 aliphatic carbocycles. The standard InChI is InChI=1S/C18H17FN2O4/c1-25-18(24)12-4-2-11(3-5-12)15-10-16(17(22)23)21(20-15)14-8-6-13(19)7-9-14/h2-8,14,16H,9-10H2,1H3,(H,22,23). The number of halogens is 1. The lowest BCUT2D eigenvalue weighted by Gasteiger charge is -2.28. The van der Waals surface area contributed by atoms with E-state index < -0.39 is 18.0 Å². The fraction of sp³-hybridized carbons (Fsp3) is 0.278. The molecule has 2 aliphatic rings. The van der Waals surface area contributed by atoms with Gasteiger partial charge >= 0.3 is 11.9 Å². The van der Waals surface area contributed by atoms with E-state index in [-0.39, 0.29) is 18.3 Å². The highest BCUT2D eigenvalue weighted by molar-refractivity contribution is 6.04. The highest BCUT2D eigenvalue weighted by Gasteiger charge is 2.36. The van der Waals surface area contributed by atoms with Gasteiger partial charge in [-0.2, -0.15) is 5.10 Å². The number of ether oxygens (including phenoxy) is 1. The quantitative estimate of drug-likeness (QED) is 0.849. The van der Waals surface area contributed by atoms with Crippen LogP contribution in [0.1, 0.15) is 28.8 Å². The van der Waals surface area contributed by atoms with Crippen molar-refractivity contribution in [2.24, 2.45) is 5.10 Å². The second-order valence-electron chi connectivity index (χ2n) is 5.80. The first-order valence-corrected chi connectivity index (χ1v) is 7.81. The van der Waals surface area contributed by atoms with Gasteiger partial charge in [-0.25, -0.2) is 14.0 Å². The number of benzene rings is 1. The summed E-state index contributed by atoms with van der Waals surface area (Å²) in [5, 5.41) is 15.4. The number of hydrogen-bond acceptors (Lipinski definition) is 5. The number of methoxy groups -OCH3 is 1. The van der Waals surface area contributed by atoms with E-state index in [1.807, 2.05) is 0 Å². The van der Waals surface area contributed by atoms with Gasteiger partial charge in [0.2, 0.25) is 0 Å². The number of esters is 1. The molecule has 2 atom stereocenters. The van der Waals surface area contributed by atoms with Gasteiger partial charge in [-0.1, -0.05) is 18.2 Å². The van der Waals surface area contributed by atoms with Crippen LogP contribution in [0.4, 0.5) is 4.39 Å². The summed E-state index contributed by atoms with van der Waals surface area (Å²) in [6.45, 7) is 0. The first-order valence-electron chi connectivity index (χ1n) is 7.81. The second-order valence-corrected chi connectivity index (χ2v) is 5.80. The number of aliphatic carboxylic acids is 1. The minimum Gasteiger partial charge on any atom is -0.480 e. The van der Waals surface area contributed by atoms with E-state index in [2.05, 4.69) is 9.84 Å². The van der Waals surface area contributed by atoms with Gasteiger partial charge in [-0.3, -0.25) is 5.01 Å². The van der Waals surface area contributed by atoms with Crippen LogP contribution in [0.15, 0.2) is 53.4 Å². The van der Waals surface area contributed by atoms with E-state index >= 15 is 0 Å². The van der Waals surface area contributed by atoms with Gasteiger partial charge < -0.3 is 9.84 Å². The van der Waals surface area contributed by atoms with Gasteiger partial charge in [0.1, 0.15) is 5.83 Å². The molecule has 1 aliphatic heterocycles. The number of hydrogen-bond donors (Lipinski definition) is 1. The van der Waals surface area contributed by atoms with Crippen LogP contribution in [-0.4, -0.2) is 47.0 Å². The average molecular weight is 344 g/mol. The van der Waals surface area contributed by atoms with Gasteiger partial charge in [0, 0.05) is 6.42 Å². The van der Waals surface area contributed by atoms with Gasteiger partial charge in [0.15, 0.2) is 6.04 Å². The maximum absolute atomic E-state index is 13.1. The maximum atomic E-state index is 13.1. The van der Waals surface area contributed by atoms with E-state index in [9.17, 15) is 19.1 Å². The summed E-state index contributed by atoms with van der Waals surface area (Å²) in [4.78, 5) is 23.1. The van der Waals surface area contributed by atoms with Gasteiger partial charge in [-0.05, 0) is 36.3 Å². The van der Waals surface area contributed by atoms with Crippen LogP contribution >= 0.6 is 0 Å². The van der Waals surface area contributed by atoms with Crippen LogP contribution in [0.25, 0.3) is 0 Å². The highest BCUT2D eigenvalue weighted by atomic mass is 19.1. The van der Waals surface area contributed by atoms with Crippen molar-refractivity contribution < 1.29 is 23.8 Å². The van der Waals surface area contributed by atoms with Crippen molar-refractivity contribution in [2.75, 3.05) is 7.11 Å². The molecule has 25 heavy (non-hydrogen) atoms. The SMILES string of the molecule is COC(=O)c1ccc(C2=NN(C3C=CC(F)=CC3)C(C(=O)O)C2)cc1. The maximum Gasteiger partial charge on any atom is 0.337 e. The molecule has 1 aromatic rings. The van der Waals surface area contributed by atoms with Crippen molar-refractivity contribution in [1.82, 2.24) is 5.01 Å². The summed E-state index contributed by atoms with van der Waals surface area (Å²) in [5.74, 6) is -1.75. The number of carbonyl (C=O) groups is 2. The Morgan fingerprint density at radius 2 is 2.04 bits per heavy atom. The van der Waals surface area contributed by atoms with E-state index in [4.69, 9.17) is 0 Å². The number of carboxylic acids is 1. The zero-order chi connectivity index (χ0) is 18.0. The normalized spacial score (nSPS) is 22.4. The molecule has 130 valence electrons. The molecule has 1 N–H and O–H groups in total. The predicted molar refractivity (Wildman–Crippen MR) is 88.9 cm³/mol. The lowest BCUT2D eigenvalue weighted by Crippen LogP contribution is -2.40. The summed E-state index contributed by atoms with van der Waals surface area (Å²) < 4.78 is 17.8. The number of carbonyl (C=O) groups excluding carboxylic acids is 1. The lowest BCUT2D eigenvalue weighted by atomic mass is 10.0. The summed E-state index contributed by atoms with van der Waals surface area (Å²) in [7, 11) is 1.31. The molecule has 0 spiro atoms. The molecule has 0 amide bonds. The van der Waals surface area contributed by atoms with Crippen molar-refractivity contribution in [2.45, 2.75) is 24.9 Å². The molecule has 1 heterocycles. The van der Waals surface area contributed by atoms with Crippen LogP contribution in [0, 0.1) is 0 Å². The largest absolute Gasteiger partial charge is 0.480 e. The fourth-order valence-electron chi connectivity index (χ4n) is 2.90. The van der Waals surface area contributed by atoms with Crippen LogP contribution in [0.3, 0.4) is 0 Å². The van der Waals surface area contributed by atoms with E-state index in [0.717, 1.165) is 5.56 Å². The van der Waals surface area contributed by atoms with Crippen LogP contribution < -0.4 is 0 Å². The Morgan fingerprint density at radius 3 is 2.60 bits per heavy atom. The third kappa shape index (κ3) is 3.45. The Hall–Kier alpha value is -2.96. The van der Waals surface area contributed by atoms with E-state index in [1.165, 1.54) is 24.3 Å². The Labute approximate surface area is 143 Å². The molecule has 0 radical (unpaired) electrons. The third-order valence-corrected chi connectivity index (χ3v) is 4.24. The van der Waals surface area contributed by atoms with Crippen LogP contribution in [0.2, 0.25) is 0 Å². The van der Waals surface area contributed by atoms with Crippen molar-refractivity contribution >= 4 is 17.7 Å². The minimum absolute atomic E-state index is 0.240. The number of nitrogens with zero attached hydrogens (tertiary/aromatic N) is 2. The van der Waals surface area contributed by atoms with Gasteiger partial charge in [-0.15, -0.1) is 0 Å². The molecule has 0 aromatic heterocycles. The number of allylic oxidation sites excluding steroid dienone is 2. The number of rotatable bonds is 4. The molecular formula is C18H17FN2O4. The third-order valence-electron chi connectivity index (χ3n) is 4.24. The summed E-state index contributed by atoms with van der Waals surface area (Å²) in [5.41, 5.74) is 1.77. The average Bonchev–Trinajstić information content (AvgIpc) is 3.07. The predicted octanol–water partition coefficient (Wildman–Crippen LogP) is 2.52. The fourth-order valence-corrected chi connectivity index (χ4v) is 2.90. The number of hydrazone groups is 1. The number of carboxylic acid groups (broad SMARTS) is 1. The van der Waals surface area contributed by atoms with Crippen molar-refractivity contribution in [3.8, 4) is 0 Å². The Bertz CT molecular complexity index is 783. The molecule has 0 saturated carbocycles. The molecule has 3 rings (SSSR count). The monoisotopic (exact) mass is 344 g/mol. The molecule has 2 unspecified atom stereocenters. The molecule has 1 aromatic carbocycles. The van der Waals surface area contributed by atoms with Crippen molar-refractivity contribution in [3.63, 3.8) is 0 Å². The Morgan fingerprint density at radius 1 is 1.32 bits per heavy atom. The molecule has 0 bridgehead atoms. The second kappa shape index (κ2) is 6.88. The van der Waals surface area contributed by atoms with E-state index in [0.29, 0.717) is 17.7 Å². The molecule has 7 heteroatoms. The zero-order valence-electron chi connectivity index (χ0n) is 13.6. The Kier molecular flexibility index (Phi) is 4.65. The first-order chi connectivity index (χ1) is 12.0.